The van der Waals surface area contributed by atoms with Gasteiger partial charge in [-0.25, -0.2) is 8.42 Å². The predicted octanol–water partition coefficient (Wildman–Crippen LogP) is 1.92. The van der Waals surface area contributed by atoms with Crippen LogP contribution in [0.2, 0.25) is 0 Å². The van der Waals surface area contributed by atoms with Gasteiger partial charge in [-0.05, 0) is 54.4 Å². The number of sulfonamides is 1. The molecule has 0 spiro atoms. The van der Waals surface area contributed by atoms with Crippen LogP contribution in [0.5, 0.6) is 0 Å². The van der Waals surface area contributed by atoms with Crippen LogP contribution in [0.1, 0.15) is 37.8 Å². The molecule has 21 heavy (non-hydrogen) atoms. The molecule has 0 aromatic heterocycles. The molecule has 5 heteroatoms. The standard InChI is InChI=1S/C16H24N2O2S/c1-16(2)11-18(9-8-15(16)17)21(19,20)14-7-6-12-4-3-5-13(12)10-14/h6-7,10,15H,3-5,8-9,11,17H2,1-2H3. The highest BCUT2D eigenvalue weighted by Crippen LogP contribution is 2.32. The van der Waals surface area contributed by atoms with Crippen molar-refractivity contribution in [3.63, 3.8) is 0 Å². The molecule has 0 amide bonds. The zero-order valence-electron chi connectivity index (χ0n) is 12.8. The largest absolute Gasteiger partial charge is 0.327 e. The van der Waals surface area contributed by atoms with Gasteiger partial charge in [-0.1, -0.05) is 19.9 Å². The van der Waals surface area contributed by atoms with E-state index in [4.69, 9.17) is 5.73 Å². The van der Waals surface area contributed by atoms with E-state index in [-0.39, 0.29) is 11.5 Å². The van der Waals surface area contributed by atoms with Crippen molar-refractivity contribution in [3.8, 4) is 0 Å². The SMILES string of the molecule is CC1(C)CN(S(=O)(=O)c2ccc3c(c2)CCC3)CCC1N. The van der Waals surface area contributed by atoms with E-state index in [9.17, 15) is 8.42 Å². The maximum atomic E-state index is 12.9. The van der Waals surface area contributed by atoms with E-state index >= 15 is 0 Å². The molecule has 0 radical (unpaired) electrons. The summed E-state index contributed by atoms with van der Waals surface area (Å²) in [5.74, 6) is 0. The van der Waals surface area contributed by atoms with Gasteiger partial charge in [-0.15, -0.1) is 0 Å². The molecule has 4 nitrogen and oxygen atoms in total. The van der Waals surface area contributed by atoms with Gasteiger partial charge in [0.2, 0.25) is 10.0 Å². The summed E-state index contributed by atoms with van der Waals surface area (Å²) in [7, 11) is -3.40. The van der Waals surface area contributed by atoms with E-state index in [1.165, 1.54) is 11.1 Å². The van der Waals surface area contributed by atoms with Crippen LogP contribution < -0.4 is 5.73 Å². The Balaban J connectivity index is 1.90. The highest BCUT2D eigenvalue weighted by Gasteiger charge is 2.38. The van der Waals surface area contributed by atoms with E-state index in [1.54, 1.807) is 10.4 Å². The van der Waals surface area contributed by atoms with E-state index < -0.39 is 10.0 Å². The van der Waals surface area contributed by atoms with Gasteiger partial charge < -0.3 is 5.73 Å². The monoisotopic (exact) mass is 308 g/mol. The van der Waals surface area contributed by atoms with E-state index in [1.807, 2.05) is 26.0 Å². The summed E-state index contributed by atoms with van der Waals surface area (Å²) in [5.41, 5.74) is 8.43. The molecule has 2 aliphatic rings. The number of nitrogens with two attached hydrogens (primary N) is 1. The number of aryl methyl sites for hydroxylation is 2. The van der Waals surface area contributed by atoms with Crippen molar-refractivity contribution in [2.45, 2.75) is 50.5 Å². The maximum Gasteiger partial charge on any atom is 0.243 e. The van der Waals surface area contributed by atoms with Crippen molar-refractivity contribution in [2.75, 3.05) is 13.1 Å². The minimum absolute atomic E-state index is 0.0592. The molecule has 1 aromatic rings. The Morgan fingerprint density at radius 1 is 1.24 bits per heavy atom. The van der Waals surface area contributed by atoms with Crippen LogP contribution in [0.3, 0.4) is 0 Å². The number of rotatable bonds is 2. The molecule has 1 fully saturated rings. The number of piperidine rings is 1. The number of nitrogens with zero attached hydrogens (tertiary/aromatic N) is 1. The summed E-state index contributed by atoms with van der Waals surface area (Å²) in [5, 5.41) is 0. The minimum Gasteiger partial charge on any atom is -0.327 e. The first-order valence-electron chi connectivity index (χ1n) is 7.68. The van der Waals surface area contributed by atoms with Crippen molar-refractivity contribution >= 4 is 10.0 Å². The fraction of sp³-hybridized carbons (Fsp3) is 0.625. The third-order valence-corrected chi connectivity index (χ3v) is 6.83. The molecular formula is C16H24N2O2S. The van der Waals surface area contributed by atoms with Crippen molar-refractivity contribution in [1.29, 1.82) is 0 Å². The molecule has 1 saturated heterocycles. The number of fused-ring (bicyclic) bond motifs is 1. The Morgan fingerprint density at radius 3 is 2.67 bits per heavy atom. The zero-order chi connectivity index (χ0) is 15.3. The fourth-order valence-electron chi connectivity index (χ4n) is 3.39. The Labute approximate surface area is 127 Å². The fourth-order valence-corrected chi connectivity index (χ4v) is 5.07. The first-order chi connectivity index (χ1) is 9.80. The van der Waals surface area contributed by atoms with Crippen molar-refractivity contribution < 1.29 is 8.42 Å². The molecular weight excluding hydrogens is 284 g/mol. The van der Waals surface area contributed by atoms with Crippen molar-refractivity contribution in [2.24, 2.45) is 11.1 Å². The molecule has 0 bridgehead atoms. The van der Waals surface area contributed by atoms with Crippen LogP contribution in [0.25, 0.3) is 0 Å². The highest BCUT2D eigenvalue weighted by molar-refractivity contribution is 7.89. The molecule has 1 aliphatic carbocycles. The van der Waals surface area contributed by atoms with Gasteiger partial charge >= 0.3 is 0 Å². The van der Waals surface area contributed by atoms with Crippen LogP contribution in [-0.2, 0) is 22.9 Å². The van der Waals surface area contributed by atoms with E-state index in [2.05, 4.69) is 0 Å². The lowest BCUT2D eigenvalue weighted by molar-refractivity contribution is 0.155. The lowest BCUT2D eigenvalue weighted by Crippen LogP contribution is -2.53. The first-order valence-corrected chi connectivity index (χ1v) is 9.12. The molecule has 116 valence electrons. The normalized spacial score (nSPS) is 25.8. The summed E-state index contributed by atoms with van der Waals surface area (Å²) < 4.78 is 27.3. The quantitative estimate of drug-likeness (QED) is 0.908. The van der Waals surface area contributed by atoms with Gasteiger partial charge in [-0.2, -0.15) is 4.31 Å². The molecule has 0 saturated carbocycles. The molecule has 1 aromatic carbocycles. The molecule has 1 unspecified atom stereocenters. The zero-order valence-corrected chi connectivity index (χ0v) is 13.6. The predicted molar refractivity (Wildman–Crippen MR) is 83.6 cm³/mol. The van der Waals surface area contributed by atoms with Gasteiger partial charge in [0.15, 0.2) is 0 Å². The number of hydrogen-bond acceptors (Lipinski definition) is 3. The average Bonchev–Trinajstić information content (AvgIpc) is 2.88. The Morgan fingerprint density at radius 2 is 1.95 bits per heavy atom. The second-order valence-corrected chi connectivity index (χ2v) is 8.94. The Bertz CT molecular complexity index is 652. The van der Waals surface area contributed by atoms with Crippen LogP contribution in [0, 0.1) is 5.41 Å². The maximum absolute atomic E-state index is 12.9. The topological polar surface area (TPSA) is 63.4 Å². The summed E-state index contributed by atoms with van der Waals surface area (Å²) in [6, 6.07) is 5.68. The molecule has 3 rings (SSSR count). The van der Waals surface area contributed by atoms with Gasteiger partial charge in [0.1, 0.15) is 0 Å². The van der Waals surface area contributed by atoms with Gasteiger partial charge in [0, 0.05) is 19.1 Å². The van der Waals surface area contributed by atoms with E-state index in [0.717, 1.165) is 25.7 Å². The lowest BCUT2D eigenvalue weighted by atomic mass is 9.81. The summed E-state index contributed by atoms with van der Waals surface area (Å²) in [6.45, 7) is 5.10. The van der Waals surface area contributed by atoms with Crippen molar-refractivity contribution in [3.05, 3.63) is 29.3 Å². The van der Waals surface area contributed by atoms with Gasteiger partial charge in [0.05, 0.1) is 4.90 Å². The highest BCUT2D eigenvalue weighted by atomic mass is 32.2. The number of benzene rings is 1. The summed E-state index contributed by atoms with van der Waals surface area (Å²) in [6.07, 6.45) is 3.91. The molecule has 2 N–H and O–H groups in total. The first kappa shape index (κ1) is 15.0. The van der Waals surface area contributed by atoms with E-state index in [0.29, 0.717) is 18.0 Å². The second kappa shape index (κ2) is 5.07. The Hall–Kier alpha value is -0.910. The third-order valence-electron chi connectivity index (χ3n) is 4.98. The molecule has 1 aliphatic heterocycles. The van der Waals surface area contributed by atoms with Crippen LogP contribution in [-0.4, -0.2) is 31.9 Å². The molecule has 1 atom stereocenters. The second-order valence-electron chi connectivity index (χ2n) is 7.01. The smallest absolute Gasteiger partial charge is 0.243 e. The molecule has 1 heterocycles. The van der Waals surface area contributed by atoms with Gasteiger partial charge in [-0.3, -0.25) is 0 Å². The van der Waals surface area contributed by atoms with Crippen LogP contribution in [0.15, 0.2) is 23.1 Å². The summed E-state index contributed by atoms with van der Waals surface area (Å²) in [4.78, 5) is 0.439. The van der Waals surface area contributed by atoms with Crippen LogP contribution in [0.4, 0.5) is 0 Å². The van der Waals surface area contributed by atoms with Gasteiger partial charge in [0.25, 0.3) is 0 Å². The Kier molecular flexibility index (Phi) is 3.62. The van der Waals surface area contributed by atoms with Crippen molar-refractivity contribution in [1.82, 2.24) is 4.31 Å². The number of hydrogen-bond donors (Lipinski definition) is 1. The average molecular weight is 308 g/mol. The van der Waals surface area contributed by atoms with Crippen LogP contribution >= 0.6 is 0 Å². The summed E-state index contributed by atoms with van der Waals surface area (Å²) >= 11 is 0. The third kappa shape index (κ3) is 2.62. The minimum atomic E-state index is -3.40. The lowest BCUT2D eigenvalue weighted by Gasteiger charge is -2.41.